The van der Waals surface area contributed by atoms with Gasteiger partial charge in [0.15, 0.2) is 0 Å². The minimum Gasteiger partial charge on any atom is -0.477 e. The van der Waals surface area contributed by atoms with Gasteiger partial charge in [-0.3, -0.25) is 14.2 Å². The van der Waals surface area contributed by atoms with Crippen LogP contribution < -0.4 is 5.69 Å². The van der Waals surface area contributed by atoms with E-state index in [1.54, 1.807) is 29.1 Å². The molecule has 2 heterocycles. The van der Waals surface area contributed by atoms with Gasteiger partial charge in [0.05, 0.1) is 11.4 Å². The monoisotopic (exact) mass is 312 g/mol. The van der Waals surface area contributed by atoms with Crippen molar-refractivity contribution in [2.75, 3.05) is 0 Å². The summed E-state index contributed by atoms with van der Waals surface area (Å²) in [5.41, 5.74) is 1.66. The molecule has 0 unspecified atom stereocenters. The van der Waals surface area contributed by atoms with Gasteiger partial charge in [0.2, 0.25) is 0 Å². The van der Waals surface area contributed by atoms with Gasteiger partial charge >= 0.3 is 11.7 Å². The number of nitrogens with one attached hydrogen (secondary N) is 1. The molecule has 0 spiro atoms. The molecule has 0 aliphatic rings. The third-order valence-electron chi connectivity index (χ3n) is 3.61. The van der Waals surface area contributed by atoms with Crippen molar-refractivity contribution in [3.05, 3.63) is 58.9 Å². The summed E-state index contributed by atoms with van der Waals surface area (Å²) in [7, 11) is 0. The molecule has 2 N–H and O–H groups in total. The van der Waals surface area contributed by atoms with Crippen molar-refractivity contribution in [1.82, 2.24) is 19.3 Å². The molecule has 1 aromatic carbocycles. The first-order valence-electron chi connectivity index (χ1n) is 7.17. The number of imidazole rings is 1. The van der Waals surface area contributed by atoms with E-state index < -0.39 is 5.97 Å². The highest BCUT2D eigenvalue weighted by Crippen LogP contribution is 2.25. The summed E-state index contributed by atoms with van der Waals surface area (Å²) in [6.07, 6.45) is 3.43. The van der Waals surface area contributed by atoms with Gasteiger partial charge < -0.3 is 5.11 Å². The molecule has 118 valence electrons. The van der Waals surface area contributed by atoms with Crippen molar-refractivity contribution in [1.29, 1.82) is 0 Å². The molecule has 0 aliphatic heterocycles. The summed E-state index contributed by atoms with van der Waals surface area (Å²) >= 11 is 0. The molecule has 3 aromatic rings. The lowest BCUT2D eigenvalue weighted by Gasteiger charge is -2.08. The predicted octanol–water partition coefficient (Wildman–Crippen LogP) is 2.31. The van der Waals surface area contributed by atoms with Crippen LogP contribution in [-0.2, 0) is 0 Å². The van der Waals surface area contributed by atoms with Crippen LogP contribution in [0.5, 0.6) is 0 Å². The predicted molar refractivity (Wildman–Crippen MR) is 85.0 cm³/mol. The fourth-order valence-electron chi connectivity index (χ4n) is 2.44. The van der Waals surface area contributed by atoms with E-state index in [2.05, 4.69) is 10.2 Å². The van der Waals surface area contributed by atoms with Gasteiger partial charge in [0.1, 0.15) is 5.69 Å². The molecule has 7 nitrogen and oxygen atoms in total. The zero-order valence-electron chi connectivity index (χ0n) is 12.7. The highest BCUT2D eigenvalue weighted by molar-refractivity contribution is 5.87. The molecule has 0 saturated heterocycles. The Morgan fingerprint density at radius 3 is 2.61 bits per heavy atom. The summed E-state index contributed by atoms with van der Waals surface area (Å²) < 4.78 is 3.16. The highest BCUT2D eigenvalue weighted by Gasteiger charge is 2.15. The number of H-pyrrole nitrogens is 1. The van der Waals surface area contributed by atoms with E-state index in [-0.39, 0.29) is 17.4 Å². The Hall–Kier alpha value is -3.09. The molecule has 3 rings (SSSR count). The van der Waals surface area contributed by atoms with E-state index in [0.29, 0.717) is 16.9 Å². The number of nitrogens with zero attached hydrogens (tertiary/aromatic N) is 3. The maximum atomic E-state index is 12.5. The molecular weight excluding hydrogens is 296 g/mol. The summed E-state index contributed by atoms with van der Waals surface area (Å²) in [5, 5.41) is 15.5. The summed E-state index contributed by atoms with van der Waals surface area (Å²) in [6, 6.07) is 8.75. The van der Waals surface area contributed by atoms with Crippen LogP contribution in [0.3, 0.4) is 0 Å². The number of aromatic nitrogens is 4. The first-order chi connectivity index (χ1) is 11.0. The van der Waals surface area contributed by atoms with E-state index in [1.165, 1.54) is 10.6 Å². The summed E-state index contributed by atoms with van der Waals surface area (Å²) in [4.78, 5) is 23.5. The Balaban J connectivity index is 2.15. The number of carbonyl (C=O) groups is 1. The van der Waals surface area contributed by atoms with Gasteiger partial charge in [-0.25, -0.2) is 9.59 Å². The molecule has 7 heteroatoms. The molecule has 0 atom stereocenters. The van der Waals surface area contributed by atoms with Crippen LogP contribution in [0, 0.1) is 0 Å². The molecule has 0 radical (unpaired) electrons. The molecular formula is C16H16N4O3. The minimum absolute atomic E-state index is 0.00176. The fourth-order valence-corrected chi connectivity index (χ4v) is 2.44. The van der Waals surface area contributed by atoms with Crippen molar-refractivity contribution in [3.63, 3.8) is 0 Å². The Kier molecular flexibility index (Phi) is 3.61. The Labute approximate surface area is 131 Å². The minimum atomic E-state index is -1.08. The Bertz CT molecular complexity index is 917. The Morgan fingerprint density at radius 1 is 1.26 bits per heavy atom. The van der Waals surface area contributed by atoms with E-state index in [0.717, 1.165) is 0 Å². The summed E-state index contributed by atoms with van der Waals surface area (Å²) in [5.74, 6) is -1.08. The van der Waals surface area contributed by atoms with Crippen LogP contribution in [0.15, 0.2) is 47.5 Å². The van der Waals surface area contributed by atoms with Crippen LogP contribution in [0.1, 0.15) is 30.4 Å². The second kappa shape index (κ2) is 5.60. The number of carboxylic acids is 1. The Morgan fingerprint density at radius 2 is 2.00 bits per heavy atom. The lowest BCUT2D eigenvalue weighted by Crippen LogP contribution is -2.24. The number of hydrogen-bond acceptors (Lipinski definition) is 3. The second-order valence-electron chi connectivity index (χ2n) is 5.44. The zero-order valence-corrected chi connectivity index (χ0v) is 12.7. The lowest BCUT2D eigenvalue weighted by atomic mass is 10.1. The maximum Gasteiger partial charge on any atom is 0.353 e. The first-order valence-corrected chi connectivity index (χ1v) is 7.17. The zero-order chi connectivity index (χ0) is 16.6. The fraction of sp³-hybridized carbons (Fsp3) is 0.188. The van der Waals surface area contributed by atoms with Gasteiger partial charge in [-0.2, -0.15) is 5.10 Å². The van der Waals surface area contributed by atoms with Gasteiger partial charge in [-0.05, 0) is 26.0 Å². The lowest BCUT2D eigenvalue weighted by molar-refractivity contribution is 0.0690. The second-order valence-corrected chi connectivity index (χ2v) is 5.44. The van der Waals surface area contributed by atoms with Gasteiger partial charge in [-0.1, -0.05) is 18.2 Å². The molecule has 0 saturated carbocycles. The smallest absolute Gasteiger partial charge is 0.353 e. The van der Waals surface area contributed by atoms with Gasteiger partial charge in [0, 0.05) is 24.0 Å². The van der Waals surface area contributed by atoms with Crippen LogP contribution in [-0.4, -0.2) is 30.4 Å². The first kappa shape index (κ1) is 14.8. The summed E-state index contributed by atoms with van der Waals surface area (Å²) in [6.45, 7) is 3.87. The highest BCUT2D eigenvalue weighted by atomic mass is 16.4. The van der Waals surface area contributed by atoms with Crippen LogP contribution in [0.4, 0.5) is 0 Å². The molecule has 2 aromatic heterocycles. The van der Waals surface area contributed by atoms with Crippen molar-refractivity contribution < 1.29 is 9.90 Å². The van der Waals surface area contributed by atoms with Crippen molar-refractivity contribution in [2.24, 2.45) is 0 Å². The number of carboxylic acid groups (broad SMARTS) is 1. The van der Waals surface area contributed by atoms with Crippen LogP contribution in [0.25, 0.3) is 16.9 Å². The third kappa shape index (κ3) is 2.57. The van der Waals surface area contributed by atoms with E-state index in [9.17, 15) is 9.59 Å². The average Bonchev–Trinajstić information content (AvgIpc) is 3.14. The molecule has 0 amide bonds. The maximum absolute atomic E-state index is 12.5. The molecule has 0 fully saturated rings. The molecule has 23 heavy (non-hydrogen) atoms. The van der Waals surface area contributed by atoms with Gasteiger partial charge in [-0.15, -0.1) is 0 Å². The molecule has 0 aliphatic carbocycles. The third-order valence-corrected chi connectivity index (χ3v) is 3.61. The van der Waals surface area contributed by atoms with Crippen LogP contribution in [0.2, 0.25) is 0 Å². The van der Waals surface area contributed by atoms with E-state index in [1.807, 2.05) is 26.0 Å². The average molecular weight is 312 g/mol. The van der Waals surface area contributed by atoms with Crippen LogP contribution >= 0.6 is 0 Å². The number of aromatic amines is 1. The number of benzene rings is 1. The number of rotatable bonds is 4. The number of aromatic carboxylic acids is 1. The molecule has 0 bridgehead atoms. The van der Waals surface area contributed by atoms with Crippen molar-refractivity contribution in [3.8, 4) is 16.9 Å². The van der Waals surface area contributed by atoms with Gasteiger partial charge in [0.25, 0.3) is 0 Å². The van der Waals surface area contributed by atoms with Crippen molar-refractivity contribution in [2.45, 2.75) is 19.9 Å². The van der Waals surface area contributed by atoms with Crippen molar-refractivity contribution >= 4 is 5.97 Å². The topological polar surface area (TPSA) is 92.9 Å². The van der Waals surface area contributed by atoms with E-state index >= 15 is 0 Å². The largest absolute Gasteiger partial charge is 0.477 e. The standard InChI is InChI=1S/C16H16N4O3/c1-10(2)19-7-8-20(16(19)23)14-6-4-3-5-11(14)12-9-13(15(21)22)18-17-12/h3-10H,1-2H3,(H,17,18)(H,21,22). The number of para-hydroxylation sites is 1. The normalized spacial score (nSPS) is 11.1. The number of hydrogen-bond donors (Lipinski definition) is 2. The SMILES string of the molecule is CC(C)n1ccn(-c2ccccc2-c2cc(C(=O)O)[nH]n2)c1=O. The van der Waals surface area contributed by atoms with E-state index in [4.69, 9.17) is 5.11 Å². The quantitative estimate of drug-likeness (QED) is 0.773.